The van der Waals surface area contributed by atoms with Crippen molar-refractivity contribution in [1.82, 2.24) is 15.1 Å². The van der Waals surface area contributed by atoms with Gasteiger partial charge in [0.1, 0.15) is 0 Å². The lowest BCUT2D eigenvalue weighted by Gasteiger charge is -2.37. The van der Waals surface area contributed by atoms with Crippen LogP contribution in [0.2, 0.25) is 0 Å². The van der Waals surface area contributed by atoms with E-state index in [2.05, 4.69) is 11.2 Å². The van der Waals surface area contributed by atoms with Crippen LogP contribution in [0, 0.1) is 12.3 Å². The molecule has 0 aromatic rings. The Labute approximate surface area is 101 Å². The SMILES string of the molecule is C#CCNCC(=O)N1CCN2C(=O)CCC2C1. The largest absolute Gasteiger partial charge is 0.338 e. The zero-order chi connectivity index (χ0) is 12.3. The van der Waals surface area contributed by atoms with Gasteiger partial charge in [0.05, 0.1) is 13.1 Å². The first-order valence-electron chi connectivity index (χ1n) is 5.94. The average Bonchev–Trinajstić information content (AvgIpc) is 2.71. The Kier molecular flexibility index (Phi) is 3.64. The summed E-state index contributed by atoms with van der Waals surface area (Å²) in [6.07, 6.45) is 6.60. The second-order valence-corrected chi connectivity index (χ2v) is 4.43. The number of hydrogen-bond donors (Lipinski definition) is 1. The number of nitrogens with zero attached hydrogens (tertiary/aromatic N) is 2. The van der Waals surface area contributed by atoms with Gasteiger partial charge in [0.25, 0.3) is 0 Å². The van der Waals surface area contributed by atoms with E-state index in [1.807, 2.05) is 9.80 Å². The van der Waals surface area contributed by atoms with Gasteiger partial charge < -0.3 is 9.80 Å². The van der Waals surface area contributed by atoms with Crippen LogP contribution in [0.4, 0.5) is 0 Å². The minimum absolute atomic E-state index is 0.0687. The molecular weight excluding hydrogens is 218 g/mol. The molecule has 1 atom stereocenters. The van der Waals surface area contributed by atoms with Crippen LogP contribution in [0.5, 0.6) is 0 Å². The van der Waals surface area contributed by atoms with Crippen molar-refractivity contribution in [3.63, 3.8) is 0 Å². The second kappa shape index (κ2) is 5.19. The Morgan fingerprint density at radius 1 is 1.53 bits per heavy atom. The molecule has 2 aliphatic heterocycles. The zero-order valence-electron chi connectivity index (χ0n) is 9.82. The summed E-state index contributed by atoms with van der Waals surface area (Å²) < 4.78 is 0. The fraction of sp³-hybridized carbons (Fsp3) is 0.667. The number of fused-ring (bicyclic) bond motifs is 1. The van der Waals surface area contributed by atoms with E-state index < -0.39 is 0 Å². The molecule has 0 saturated carbocycles. The smallest absolute Gasteiger partial charge is 0.236 e. The fourth-order valence-electron chi connectivity index (χ4n) is 2.44. The molecule has 2 aliphatic rings. The van der Waals surface area contributed by atoms with Gasteiger partial charge in [-0.25, -0.2) is 0 Å². The molecule has 0 radical (unpaired) electrons. The van der Waals surface area contributed by atoms with E-state index in [1.165, 1.54) is 0 Å². The lowest BCUT2D eigenvalue weighted by Crippen LogP contribution is -2.54. The van der Waals surface area contributed by atoms with E-state index in [9.17, 15) is 9.59 Å². The summed E-state index contributed by atoms with van der Waals surface area (Å²) in [7, 11) is 0. The Balaban J connectivity index is 1.82. The van der Waals surface area contributed by atoms with Crippen molar-refractivity contribution in [1.29, 1.82) is 0 Å². The molecule has 5 heteroatoms. The summed E-state index contributed by atoms with van der Waals surface area (Å²) in [5.74, 6) is 2.73. The van der Waals surface area contributed by atoms with Gasteiger partial charge in [-0.15, -0.1) is 6.42 Å². The number of carbonyl (C=O) groups excluding carboxylic acids is 2. The van der Waals surface area contributed by atoms with Gasteiger partial charge in [0, 0.05) is 32.1 Å². The average molecular weight is 235 g/mol. The number of nitrogens with one attached hydrogen (secondary N) is 1. The summed E-state index contributed by atoms with van der Waals surface area (Å²) >= 11 is 0. The van der Waals surface area contributed by atoms with Crippen molar-refractivity contribution in [2.24, 2.45) is 0 Å². The quantitative estimate of drug-likeness (QED) is 0.506. The predicted molar refractivity (Wildman–Crippen MR) is 63.0 cm³/mol. The third-order valence-electron chi connectivity index (χ3n) is 3.35. The van der Waals surface area contributed by atoms with Crippen molar-refractivity contribution < 1.29 is 9.59 Å². The Hall–Kier alpha value is -1.54. The van der Waals surface area contributed by atoms with E-state index >= 15 is 0 Å². The van der Waals surface area contributed by atoms with Gasteiger partial charge in [-0.1, -0.05) is 5.92 Å². The van der Waals surface area contributed by atoms with E-state index in [-0.39, 0.29) is 24.4 Å². The van der Waals surface area contributed by atoms with E-state index in [0.29, 0.717) is 32.6 Å². The van der Waals surface area contributed by atoms with Crippen molar-refractivity contribution in [2.45, 2.75) is 18.9 Å². The normalized spacial score (nSPS) is 23.5. The van der Waals surface area contributed by atoms with Crippen molar-refractivity contribution in [3.8, 4) is 12.3 Å². The molecule has 17 heavy (non-hydrogen) atoms. The molecule has 2 amide bonds. The maximum Gasteiger partial charge on any atom is 0.236 e. The van der Waals surface area contributed by atoms with Gasteiger partial charge in [-0.2, -0.15) is 0 Å². The zero-order valence-corrected chi connectivity index (χ0v) is 9.82. The minimum atomic E-state index is 0.0687. The molecular formula is C12H17N3O2. The highest BCUT2D eigenvalue weighted by Crippen LogP contribution is 2.22. The van der Waals surface area contributed by atoms with Crippen LogP contribution < -0.4 is 5.32 Å². The number of terminal acetylenes is 1. The topological polar surface area (TPSA) is 52.7 Å². The van der Waals surface area contributed by atoms with Gasteiger partial charge in [-0.3, -0.25) is 14.9 Å². The Morgan fingerprint density at radius 3 is 3.12 bits per heavy atom. The predicted octanol–water partition coefficient (Wildman–Crippen LogP) is -0.958. The van der Waals surface area contributed by atoms with Gasteiger partial charge in [0.15, 0.2) is 0 Å². The standard InChI is InChI=1S/C12H17N3O2/c1-2-5-13-8-12(17)14-6-7-15-10(9-14)3-4-11(15)16/h1,10,13H,3-9H2. The van der Waals surface area contributed by atoms with Crippen LogP contribution in [0.1, 0.15) is 12.8 Å². The third kappa shape index (κ3) is 2.59. The first-order chi connectivity index (χ1) is 8.22. The van der Waals surface area contributed by atoms with Crippen molar-refractivity contribution in [3.05, 3.63) is 0 Å². The summed E-state index contributed by atoms with van der Waals surface area (Å²) in [6, 6.07) is 0.229. The summed E-state index contributed by atoms with van der Waals surface area (Å²) in [6.45, 7) is 2.67. The molecule has 2 heterocycles. The number of carbonyl (C=O) groups is 2. The van der Waals surface area contributed by atoms with Crippen LogP contribution in [0.3, 0.4) is 0 Å². The highest BCUT2D eigenvalue weighted by atomic mass is 16.2. The molecule has 0 aliphatic carbocycles. The van der Waals surface area contributed by atoms with Crippen LogP contribution in [0.25, 0.3) is 0 Å². The van der Waals surface area contributed by atoms with Gasteiger partial charge in [0.2, 0.25) is 11.8 Å². The fourth-order valence-corrected chi connectivity index (χ4v) is 2.44. The highest BCUT2D eigenvalue weighted by molar-refractivity contribution is 5.81. The summed E-state index contributed by atoms with van der Waals surface area (Å²) in [5, 5.41) is 2.89. The highest BCUT2D eigenvalue weighted by Gasteiger charge is 2.36. The number of rotatable bonds is 3. The Morgan fingerprint density at radius 2 is 2.35 bits per heavy atom. The van der Waals surface area contributed by atoms with E-state index in [1.54, 1.807) is 0 Å². The molecule has 1 N–H and O–H groups in total. The molecule has 2 fully saturated rings. The molecule has 5 nitrogen and oxygen atoms in total. The monoisotopic (exact) mass is 235 g/mol. The second-order valence-electron chi connectivity index (χ2n) is 4.43. The molecule has 0 spiro atoms. The third-order valence-corrected chi connectivity index (χ3v) is 3.35. The molecule has 0 aromatic carbocycles. The summed E-state index contributed by atoms with van der Waals surface area (Å²) in [4.78, 5) is 27.0. The Bertz CT molecular complexity index is 361. The minimum Gasteiger partial charge on any atom is -0.338 e. The van der Waals surface area contributed by atoms with Crippen molar-refractivity contribution in [2.75, 3.05) is 32.7 Å². The first kappa shape index (κ1) is 11.9. The van der Waals surface area contributed by atoms with E-state index in [4.69, 9.17) is 6.42 Å². The molecule has 92 valence electrons. The number of piperazine rings is 1. The van der Waals surface area contributed by atoms with Crippen LogP contribution in [-0.4, -0.2) is 60.4 Å². The lowest BCUT2D eigenvalue weighted by atomic mass is 10.1. The van der Waals surface area contributed by atoms with E-state index in [0.717, 1.165) is 6.42 Å². The van der Waals surface area contributed by atoms with Gasteiger partial charge >= 0.3 is 0 Å². The van der Waals surface area contributed by atoms with Crippen LogP contribution in [-0.2, 0) is 9.59 Å². The maximum atomic E-state index is 11.8. The molecule has 2 rings (SSSR count). The van der Waals surface area contributed by atoms with Crippen molar-refractivity contribution >= 4 is 11.8 Å². The number of amides is 2. The first-order valence-corrected chi connectivity index (χ1v) is 5.94. The maximum absolute atomic E-state index is 11.8. The van der Waals surface area contributed by atoms with Gasteiger partial charge in [-0.05, 0) is 6.42 Å². The molecule has 0 aromatic heterocycles. The summed E-state index contributed by atoms with van der Waals surface area (Å²) in [5.41, 5.74) is 0. The molecule has 1 unspecified atom stereocenters. The molecule has 0 bridgehead atoms. The lowest BCUT2D eigenvalue weighted by molar-refractivity contribution is -0.138. The number of hydrogen-bond acceptors (Lipinski definition) is 3. The van der Waals surface area contributed by atoms with Crippen LogP contribution in [0.15, 0.2) is 0 Å². The molecule has 2 saturated heterocycles. The van der Waals surface area contributed by atoms with Crippen LogP contribution >= 0.6 is 0 Å².